The zero-order valence-corrected chi connectivity index (χ0v) is 16.6. The van der Waals surface area contributed by atoms with Gasteiger partial charge in [0.15, 0.2) is 9.84 Å². The maximum atomic E-state index is 12.4. The molecule has 0 aliphatic carbocycles. The predicted octanol–water partition coefficient (Wildman–Crippen LogP) is 2.99. The highest BCUT2D eigenvalue weighted by Gasteiger charge is 2.23. The number of benzene rings is 2. The Labute approximate surface area is 165 Å². The van der Waals surface area contributed by atoms with E-state index in [9.17, 15) is 13.2 Å². The highest BCUT2D eigenvalue weighted by Crippen LogP contribution is 2.19. The minimum Gasteiger partial charge on any atom is -0.368 e. The number of hydrogen-bond acceptors (Lipinski definition) is 4. The molecule has 3 rings (SSSR count). The summed E-state index contributed by atoms with van der Waals surface area (Å²) in [4.78, 5) is 16.4. The van der Waals surface area contributed by atoms with Crippen LogP contribution in [0.25, 0.3) is 0 Å². The maximum Gasteiger partial charge on any atom is 0.223 e. The van der Waals surface area contributed by atoms with Gasteiger partial charge in [0, 0.05) is 43.3 Å². The maximum absolute atomic E-state index is 12.4. The molecule has 2 aromatic carbocycles. The number of carbonyl (C=O) groups is 1. The van der Waals surface area contributed by atoms with Crippen LogP contribution in [0, 0.1) is 0 Å². The molecule has 144 valence electrons. The molecular weight excluding hydrogens is 384 g/mol. The van der Waals surface area contributed by atoms with E-state index in [1.165, 1.54) is 0 Å². The molecule has 1 amide bonds. The molecule has 0 saturated carbocycles. The normalized spacial score (nSPS) is 15.0. The Kier molecular flexibility index (Phi) is 6.39. The van der Waals surface area contributed by atoms with Crippen molar-refractivity contribution in [3.8, 4) is 0 Å². The second kappa shape index (κ2) is 8.76. The van der Waals surface area contributed by atoms with Gasteiger partial charge < -0.3 is 9.80 Å². The highest BCUT2D eigenvalue weighted by molar-refractivity contribution is 7.90. The summed E-state index contributed by atoms with van der Waals surface area (Å²) in [5.41, 5.74) is 1.72. The summed E-state index contributed by atoms with van der Waals surface area (Å²) in [6.45, 7) is 2.72. The van der Waals surface area contributed by atoms with Gasteiger partial charge in [-0.1, -0.05) is 48.0 Å². The van der Waals surface area contributed by atoms with Gasteiger partial charge in [0.1, 0.15) is 0 Å². The van der Waals surface area contributed by atoms with E-state index in [4.69, 9.17) is 11.6 Å². The number of amides is 1. The molecule has 1 saturated heterocycles. The summed E-state index contributed by atoms with van der Waals surface area (Å²) in [5, 5.41) is 0.435. The standard InChI is InChI=1S/C20H23ClN2O3S/c21-19-9-5-4-6-17(19)16-27(25,26)15-10-20(24)23-13-11-22(12-14-23)18-7-2-1-3-8-18/h1-9H,10-16H2. The molecule has 5 nitrogen and oxygen atoms in total. The van der Waals surface area contributed by atoms with Crippen molar-refractivity contribution in [3.63, 3.8) is 0 Å². The number of carbonyl (C=O) groups excluding carboxylic acids is 1. The first-order valence-electron chi connectivity index (χ1n) is 8.96. The Bertz CT molecular complexity index is 879. The van der Waals surface area contributed by atoms with Crippen molar-refractivity contribution < 1.29 is 13.2 Å². The molecule has 2 aromatic rings. The Morgan fingerprint density at radius 2 is 1.56 bits per heavy atom. The van der Waals surface area contributed by atoms with E-state index in [0.717, 1.165) is 18.8 Å². The molecule has 0 spiro atoms. The fourth-order valence-electron chi connectivity index (χ4n) is 3.18. The van der Waals surface area contributed by atoms with Crippen LogP contribution in [0.1, 0.15) is 12.0 Å². The molecule has 0 unspecified atom stereocenters. The van der Waals surface area contributed by atoms with Gasteiger partial charge in [0.25, 0.3) is 0 Å². The van der Waals surface area contributed by atoms with E-state index >= 15 is 0 Å². The monoisotopic (exact) mass is 406 g/mol. The third-order valence-corrected chi connectivity index (χ3v) is 6.66. The van der Waals surface area contributed by atoms with Gasteiger partial charge in [0.05, 0.1) is 11.5 Å². The smallest absolute Gasteiger partial charge is 0.223 e. The van der Waals surface area contributed by atoms with E-state index in [1.54, 1.807) is 29.2 Å². The molecule has 1 aliphatic heterocycles. The van der Waals surface area contributed by atoms with Gasteiger partial charge in [-0.3, -0.25) is 4.79 Å². The molecular formula is C20H23ClN2O3S. The number of anilines is 1. The highest BCUT2D eigenvalue weighted by atomic mass is 35.5. The Morgan fingerprint density at radius 3 is 2.22 bits per heavy atom. The van der Waals surface area contributed by atoms with Crippen molar-refractivity contribution in [2.75, 3.05) is 36.8 Å². The number of halogens is 1. The van der Waals surface area contributed by atoms with Gasteiger partial charge in [-0.2, -0.15) is 0 Å². The molecule has 0 radical (unpaired) electrons. The van der Waals surface area contributed by atoms with Crippen LogP contribution in [-0.4, -0.2) is 51.2 Å². The Hall–Kier alpha value is -2.05. The third-order valence-electron chi connectivity index (χ3n) is 4.71. The number of nitrogens with zero attached hydrogens (tertiary/aromatic N) is 2. The Morgan fingerprint density at radius 1 is 0.926 bits per heavy atom. The predicted molar refractivity (Wildman–Crippen MR) is 109 cm³/mol. The fraction of sp³-hybridized carbons (Fsp3) is 0.350. The van der Waals surface area contributed by atoms with Gasteiger partial charge in [-0.05, 0) is 23.8 Å². The molecule has 1 heterocycles. The molecule has 1 aliphatic rings. The summed E-state index contributed by atoms with van der Waals surface area (Å²) in [7, 11) is -3.39. The van der Waals surface area contributed by atoms with Gasteiger partial charge in [-0.15, -0.1) is 0 Å². The second-order valence-corrected chi connectivity index (χ2v) is 9.23. The summed E-state index contributed by atoms with van der Waals surface area (Å²) in [6, 6.07) is 17.0. The van der Waals surface area contributed by atoms with E-state index in [-0.39, 0.29) is 23.8 Å². The minimum absolute atomic E-state index is 0.0120. The molecule has 0 atom stereocenters. The van der Waals surface area contributed by atoms with E-state index in [1.807, 2.05) is 18.2 Å². The van der Waals surface area contributed by atoms with Crippen LogP contribution in [0.15, 0.2) is 54.6 Å². The summed E-state index contributed by atoms with van der Waals surface area (Å²) in [5.74, 6) is -0.400. The molecule has 0 N–H and O–H groups in total. The quantitative estimate of drug-likeness (QED) is 0.740. The molecule has 0 bridgehead atoms. The summed E-state index contributed by atoms with van der Waals surface area (Å²) >= 11 is 6.03. The van der Waals surface area contributed by atoms with Crippen molar-refractivity contribution >= 4 is 33.0 Å². The van der Waals surface area contributed by atoms with E-state index < -0.39 is 9.84 Å². The second-order valence-electron chi connectivity index (χ2n) is 6.64. The van der Waals surface area contributed by atoms with Crippen molar-refractivity contribution in [1.29, 1.82) is 0 Å². The average molecular weight is 407 g/mol. The van der Waals surface area contributed by atoms with Gasteiger partial charge in [0.2, 0.25) is 5.91 Å². The van der Waals surface area contributed by atoms with E-state index in [0.29, 0.717) is 23.7 Å². The van der Waals surface area contributed by atoms with Gasteiger partial charge >= 0.3 is 0 Å². The van der Waals surface area contributed by atoms with Crippen molar-refractivity contribution in [1.82, 2.24) is 4.90 Å². The van der Waals surface area contributed by atoms with Crippen LogP contribution in [0.3, 0.4) is 0 Å². The van der Waals surface area contributed by atoms with Crippen LogP contribution in [0.5, 0.6) is 0 Å². The molecule has 7 heteroatoms. The van der Waals surface area contributed by atoms with Crippen molar-refractivity contribution in [3.05, 3.63) is 65.2 Å². The molecule has 27 heavy (non-hydrogen) atoms. The largest absolute Gasteiger partial charge is 0.368 e. The lowest BCUT2D eigenvalue weighted by molar-refractivity contribution is -0.131. The zero-order valence-electron chi connectivity index (χ0n) is 15.1. The third kappa shape index (κ3) is 5.47. The van der Waals surface area contributed by atoms with Crippen LogP contribution in [-0.2, 0) is 20.4 Å². The molecule has 1 fully saturated rings. The molecule has 0 aromatic heterocycles. The van der Waals surface area contributed by atoms with Crippen molar-refractivity contribution in [2.45, 2.75) is 12.2 Å². The fourth-order valence-corrected chi connectivity index (χ4v) is 4.82. The Balaban J connectivity index is 1.49. The lowest BCUT2D eigenvalue weighted by atomic mass is 10.2. The number of piperazine rings is 1. The van der Waals surface area contributed by atoms with E-state index in [2.05, 4.69) is 17.0 Å². The number of rotatable bonds is 6. The minimum atomic E-state index is -3.39. The first-order chi connectivity index (χ1) is 12.9. The zero-order chi connectivity index (χ0) is 19.3. The lowest BCUT2D eigenvalue weighted by Gasteiger charge is -2.36. The van der Waals surface area contributed by atoms with Gasteiger partial charge in [-0.25, -0.2) is 8.42 Å². The van der Waals surface area contributed by atoms with Crippen molar-refractivity contribution in [2.24, 2.45) is 0 Å². The van der Waals surface area contributed by atoms with Crippen LogP contribution < -0.4 is 4.90 Å². The first-order valence-corrected chi connectivity index (χ1v) is 11.2. The number of hydrogen-bond donors (Lipinski definition) is 0. The number of sulfone groups is 1. The summed E-state index contributed by atoms with van der Waals surface area (Å²) in [6.07, 6.45) is 0.0120. The average Bonchev–Trinajstić information content (AvgIpc) is 2.69. The lowest BCUT2D eigenvalue weighted by Crippen LogP contribution is -2.49. The first kappa shape index (κ1) is 19.7. The number of para-hydroxylation sites is 1. The van der Waals surface area contributed by atoms with Crippen LogP contribution in [0.2, 0.25) is 5.02 Å². The topological polar surface area (TPSA) is 57.7 Å². The SMILES string of the molecule is O=C(CCS(=O)(=O)Cc1ccccc1Cl)N1CCN(c2ccccc2)CC1. The van der Waals surface area contributed by atoms with Crippen LogP contribution in [0.4, 0.5) is 5.69 Å². The summed E-state index contributed by atoms with van der Waals surface area (Å²) < 4.78 is 24.7. The van der Waals surface area contributed by atoms with Crippen LogP contribution >= 0.6 is 11.6 Å².